The van der Waals surface area contributed by atoms with Crippen LogP contribution in [-0.4, -0.2) is 30.3 Å². The summed E-state index contributed by atoms with van der Waals surface area (Å²) in [5.74, 6) is 2.63. The number of aryl methyl sites for hydroxylation is 1. The summed E-state index contributed by atoms with van der Waals surface area (Å²) in [6, 6.07) is 7.85. The van der Waals surface area contributed by atoms with Crippen LogP contribution in [0.4, 0.5) is 0 Å². The van der Waals surface area contributed by atoms with Gasteiger partial charge in [0.15, 0.2) is 11.8 Å². The Kier molecular flexibility index (Phi) is 5.14. The maximum atomic E-state index is 5.19. The quantitative estimate of drug-likeness (QED) is 0.636. The Labute approximate surface area is 123 Å². The highest BCUT2D eigenvalue weighted by Crippen LogP contribution is 2.11. The zero-order chi connectivity index (χ0) is 15.1. The molecule has 0 aliphatic rings. The van der Waals surface area contributed by atoms with Crippen LogP contribution in [0.25, 0.3) is 0 Å². The lowest BCUT2D eigenvalue weighted by atomic mass is 10.2. The lowest BCUT2D eigenvalue weighted by molar-refractivity contribution is 0.371. The summed E-state index contributed by atoms with van der Waals surface area (Å²) < 4.78 is 10.2. The van der Waals surface area contributed by atoms with Crippen LogP contribution < -0.4 is 15.4 Å². The molecule has 0 radical (unpaired) electrons. The largest absolute Gasteiger partial charge is 0.497 e. The average Bonchev–Trinajstić information content (AvgIpc) is 2.93. The van der Waals surface area contributed by atoms with Gasteiger partial charge in [0.25, 0.3) is 0 Å². The molecular formula is C14H19N5O2. The van der Waals surface area contributed by atoms with Crippen LogP contribution in [0.1, 0.15) is 17.3 Å². The predicted octanol–water partition coefficient (Wildman–Crippen LogP) is 1.25. The van der Waals surface area contributed by atoms with E-state index >= 15 is 0 Å². The molecule has 2 N–H and O–H groups in total. The molecule has 1 aromatic heterocycles. The normalized spacial score (nSPS) is 11.3. The lowest BCUT2D eigenvalue weighted by Crippen LogP contribution is -2.36. The molecule has 112 valence electrons. The summed E-state index contributed by atoms with van der Waals surface area (Å²) in [5, 5.41) is 10.0. The number of rotatable bonds is 5. The van der Waals surface area contributed by atoms with Crippen molar-refractivity contribution in [3.8, 4) is 5.75 Å². The maximum Gasteiger partial charge on any atom is 0.246 e. The number of ether oxygens (including phenoxy) is 1. The van der Waals surface area contributed by atoms with Crippen molar-refractivity contribution in [3.05, 3.63) is 41.5 Å². The Morgan fingerprint density at radius 3 is 2.81 bits per heavy atom. The van der Waals surface area contributed by atoms with Crippen molar-refractivity contribution in [2.75, 3.05) is 14.2 Å². The van der Waals surface area contributed by atoms with Gasteiger partial charge in [0.1, 0.15) is 5.75 Å². The fraction of sp³-hybridized carbons (Fsp3) is 0.357. The second-order valence-corrected chi connectivity index (χ2v) is 4.37. The van der Waals surface area contributed by atoms with Gasteiger partial charge in [0.05, 0.1) is 13.7 Å². The summed E-state index contributed by atoms with van der Waals surface area (Å²) in [6.45, 7) is 2.85. The molecular weight excluding hydrogens is 270 g/mol. The smallest absolute Gasteiger partial charge is 0.246 e. The third-order valence-electron chi connectivity index (χ3n) is 2.79. The van der Waals surface area contributed by atoms with Crippen LogP contribution in [0, 0.1) is 6.92 Å². The highest BCUT2D eigenvalue weighted by molar-refractivity contribution is 5.79. The van der Waals surface area contributed by atoms with E-state index in [0.717, 1.165) is 11.3 Å². The molecule has 0 spiro atoms. The first-order valence-corrected chi connectivity index (χ1v) is 6.58. The SMILES string of the molecule is CN=C(NCc1cccc(OC)c1)NCc1nc(C)no1. The van der Waals surface area contributed by atoms with Crippen LogP contribution in [0.3, 0.4) is 0 Å². The molecule has 0 amide bonds. The van der Waals surface area contributed by atoms with E-state index in [4.69, 9.17) is 9.26 Å². The molecule has 0 unspecified atom stereocenters. The predicted molar refractivity (Wildman–Crippen MR) is 79.1 cm³/mol. The summed E-state index contributed by atoms with van der Waals surface area (Å²) in [7, 11) is 3.36. The van der Waals surface area contributed by atoms with Gasteiger partial charge >= 0.3 is 0 Å². The van der Waals surface area contributed by atoms with E-state index in [-0.39, 0.29) is 0 Å². The van der Waals surface area contributed by atoms with Gasteiger partial charge in [-0.05, 0) is 24.6 Å². The van der Waals surface area contributed by atoms with E-state index in [1.807, 2.05) is 24.3 Å². The number of aromatic nitrogens is 2. The van der Waals surface area contributed by atoms with E-state index in [1.54, 1.807) is 21.1 Å². The minimum Gasteiger partial charge on any atom is -0.497 e. The highest BCUT2D eigenvalue weighted by Gasteiger charge is 2.04. The minimum atomic E-state index is 0.429. The second-order valence-electron chi connectivity index (χ2n) is 4.37. The number of hydrogen-bond donors (Lipinski definition) is 2. The first-order valence-electron chi connectivity index (χ1n) is 6.58. The van der Waals surface area contributed by atoms with Crippen molar-refractivity contribution in [3.63, 3.8) is 0 Å². The summed E-state index contributed by atoms with van der Waals surface area (Å²) in [6.07, 6.45) is 0. The molecule has 0 fully saturated rings. The summed E-state index contributed by atoms with van der Waals surface area (Å²) in [4.78, 5) is 8.26. The molecule has 1 aromatic carbocycles. The first-order chi connectivity index (χ1) is 10.2. The van der Waals surface area contributed by atoms with Crippen molar-refractivity contribution >= 4 is 5.96 Å². The highest BCUT2D eigenvalue weighted by atomic mass is 16.5. The van der Waals surface area contributed by atoms with Gasteiger partial charge in [-0.2, -0.15) is 4.98 Å². The molecule has 0 aliphatic heterocycles. The van der Waals surface area contributed by atoms with Crippen LogP contribution in [0.5, 0.6) is 5.75 Å². The molecule has 0 bridgehead atoms. The maximum absolute atomic E-state index is 5.19. The third-order valence-corrected chi connectivity index (χ3v) is 2.79. The Bertz CT molecular complexity index is 609. The fourth-order valence-electron chi connectivity index (χ4n) is 1.76. The van der Waals surface area contributed by atoms with E-state index in [1.165, 1.54) is 0 Å². The zero-order valence-electron chi connectivity index (χ0n) is 12.4. The molecule has 2 aromatic rings. The molecule has 0 aliphatic carbocycles. The van der Waals surface area contributed by atoms with Crippen LogP contribution in [-0.2, 0) is 13.1 Å². The second kappa shape index (κ2) is 7.28. The van der Waals surface area contributed by atoms with Crippen LogP contribution >= 0.6 is 0 Å². The average molecular weight is 289 g/mol. The minimum absolute atomic E-state index is 0.429. The number of guanidine groups is 1. The molecule has 7 nitrogen and oxygen atoms in total. The first kappa shape index (κ1) is 14.8. The van der Waals surface area contributed by atoms with Crippen LogP contribution in [0.2, 0.25) is 0 Å². The Morgan fingerprint density at radius 1 is 1.33 bits per heavy atom. The molecule has 0 saturated heterocycles. The van der Waals surface area contributed by atoms with Crippen LogP contribution in [0.15, 0.2) is 33.8 Å². The Hall–Kier alpha value is -2.57. The van der Waals surface area contributed by atoms with E-state index < -0.39 is 0 Å². The number of nitrogens with one attached hydrogen (secondary N) is 2. The standard InChI is InChI=1S/C14H19N5O2/c1-10-18-13(21-19-10)9-17-14(15-2)16-8-11-5-4-6-12(7-11)20-3/h4-7H,8-9H2,1-3H3,(H2,15,16,17). The van der Waals surface area contributed by atoms with E-state index in [2.05, 4.69) is 25.8 Å². The van der Waals surface area contributed by atoms with Gasteiger partial charge in [-0.15, -0.1) is 0 Å². The topological polar surface area (TPSA) is 84.6 Å². The Balaban J connectivity index is 1.84. The number of hydrogen-bond acceptors (Lipinski definition) is 5. The molecule has 0 saturated carbocycles. The molecule has 1 heterocycles. The van der Waals surface area contributed by atoms with E-state index in [9.17, 15) is 0 Å². The number of nitrogens with zero attached hydrogens (tertiary/aromatic N) is 3. The zero-order valence-corrected chi connectivity index (χ0v) is 12.4. The molecule has 21 heavy (non-hydrogen) atoms. The third kappa shape index (κ3) is 4.48. The van der Waals surface area contributed by atoms with E-state index in [0.29, 0.717) is 30.8 Å². The van der Waals surface area contributed by atoms with Gasteiger partial charge in [-0.25, -0.2) is 0 Å². The van der Waals surface area contributed by atoms with Gasteiger partial charge in [-0.1, -0.05) is 17.3 Å². The van der Waals surface area contributed by atoms with Gasteiger partial charge in [0, 0.05) is 13.6 Å². The van der Waals surface area contributed by atoms with Crippen molar-refractivity contribution in [1.82, 2.24) is 20.8 Å². The molecule has 2 rings (SSSR count). The monoisotopic (exact) mass is 289 g/mol. The van der Waals surface area contributed by atoms with Gasteiger partial charge < -0.3 is 19.9 Å². The number of aliphatic imine (C=N–C) groups is 1. The van der Waals surface area contributed by atoms with Crippen molar-refractivity contribution < 1.29 is 9.26 Å². The van der Waals surface area contributed by atoms with Crippen molar-refractivity contribution in [2.45, 2.75) is 20.0 Å². The molecule has 0 atom stereocenters. The van der Waals surface area contributed by atoms with Crippen molar-refractivity contribution in [1.29, 1.82) is 0 Å². The molecule has 7 heteroatoms. The lowest BCUT2D eigenvalue weighted by Gasteiger charge is -2.11. The van der Waals surface area contributed by atoms with Gasteiger partial charge in [0.2, 0.25) is 5.89 Å². The number of methoxy groups -OCH3 is 1. The van der Waals surface area contributed by atoms with Gasteiger partial charge in [-0.3, -0.25) is 4.99 Å². The fourth-order valence-corrected chi connectivity index (χ4v) is 1.76. The van der Waals surface area contributed by atoms with Crippen molar-refractivity contribution in [2.24, 2.45) is 4.99 Å². The number of benzene rings is 1. The Morgan fingerprint density at radius 2 is 2.14 bits per heavy atom. The summed E-state index contributed by atoms with van der Waals surface area (Å²) >= 11 is 0. The summed E-state index contributed by atoms with van der Waals surface area (Å²) in [5.41, 5.74) is 1.10.